The molecule has 0 radical (unpaired) electrons. The first kappa shape index (κ1) is 13.1. The zero-order valence-corrected chi connectivity index (χ0v) is 11.7. The summed E-state index contributed by atoms with van der Waals surface area (Å²) >= 11 is 0. The molecule has 1 aliphatic heterocycles. The molecule has 0 aromatic carbocycles. The maximum absolute atomic E-state index is 5.74. The number of aromatic nitrogens is 1. The van der Waals surface area contributed by atoms with Gasteiger partial charge in [0.05, 0.1) is 11.9 Å². The van der Waals surface area contributed by atoms with Crippen LogP contribution in [0.15, 0.2) is 12.3 Å². The summed E-state index contributed by atoms with van der Waals surface area (Å²) in [5, 5.41) is 0. The van der Waals surface area contributed by atoms with Crippen molar-refractivity contribution in [2.24, 2.45) is 5.92 Å². The maximum Gasteiger partial charge on any atom is 0.131 e. The van der Waals surface area contributed by atoms with Gasteiger partial charge >= 0.3 is 0 Å². The quantitative estimate of drug-likeness (QED) is 0.885. The number of rotatable bonds is 3. The standard InChI is InChI=1S/C14H24N4/c1-11-8-13(15)9-16-14(11)18(3)10-12-4-6-17(2)7-5-12/h8-9,12H,4-7,10,15H2,1-3H3. The Labute approximate surface area is 110 Å². The van der Waals surface area contributed by atoms with Gasteiger partial charge in [0.25, 0.3) is 0 Å². The van der Waals surface area contributed by atoms with Gasteiger partial charge in [-0.05, 0) is 57.5 Å². The Balaban J connectivity index is 1.97. The van der Waals surface area contributed by atoms with Crippen molar-refractivity contribution in [3.05, 3.63) is 17.8 Å². The smallest absolute Gasteiger partial charge is 0.131 e. The Morgan fingerprint density at radius 3 is 2.72 bits per heavy atom. The molecule has 0 saturated carbocycles. The van der Waals surface area contributed by atoms with Crippen LogP contribution < -0.4 is 10.6 Å². The average molecular weight is 248 g/mol. The van der Waals surface area contributed by atoms with Crippen LogP contribution in [0.1, 0.15) is 18.4 Å². The van der Waals surface area contributed by atoms with Crippen LogP contribution in [0.5, 0.6) is 0 Å². The number of hydrogen-bond acceptors (Lipinski definition) is 4. The molecule has 4 heteroatoms. The SMILES string of the molecule is Cc1cc(N)cnc1N(C)CC1CCN(C)CC1. The number of piperidine rings is 1. The number of nitrogens with zero attached hydrogens (tertiary/aromatic N) is 3. The molecule has 2 heterocycles. The summed E-state index contributed by atoms with van der Waals surface area (Å²) in [6, 6.07) is 1.99. The molecule has 1 aromatic heterocycles. The number of pyridine rings is 1. The van der Waals surface area contributed by atoms with Crippen molar-refractivity contribution in [1.82, 2.24) is 9.88 Å². The van der Waals surface area contributed by atoms with Gasteiger partial charge in [0.2, 0.25) is 0 Å². The molecule has 1 aliphatic rings. The van der Waals surface area contributed by atoms with Gasteiger partial charge in [-0.15, -0.1) is 0 Å². The highest BCUT2D eigenvalue weighted by molar-refractivity contribution is 5.52. The second-order valence-corrected chi connectivity index (χ2v) is 5.54. The minimum atomic E-state index is 0.740. The largest absolute Gasteiger partial charge is 0.397 e. The molecular formula is C14H24N4. The summed E-state index contributed by atoms with van der Waals surface area (Å²) in [5.74, 6) is 1.84. The van der Waals surface area contributed by atoms with Gasteiger partial charge in [-0.1, -0.05) is 0 Å². The summed E-state index contributed by atoms with van der Waals surface area (Å²) in [4.78, 5) is 9.12. The molecule has 0 bridgehead atoms. The lowest BCUT2D eigenvalue weighted by molar-refractivity contribution is 0.222. The van der Waals surface area contributed by atoms with Crippen LogP contribution in [0.25, 0.3) is 0 Å². The van der Waals surface area contributed by atoms with E-state index in [0.717, 1.165) is 29.5 Å². The van der Waals surface area contributed by atoms with E-state index in [1.54, 1.807) is 6.20 Å². The van der Waals surface area contributed by atoms with E-state index in [0.29, 0.717) is 0 Å². The van der Waals surface area contributed by atoms with Gasteiger partial charge in [-0.25, -0.2) is 4.98 Å². The van der Waals surface area contributed by atoms with E-state index in [1.165, 1.54) is 25.9 Å². The van der Waals surface area contributed by atoms with E-state index in [1.807, 2.05) is 6.07 Å². The minimum Gasteiger partial charge on any atom is -0.397 e. The molecule has 18 heavy (non-hydrogen) atoms. The van der Waals surface area contributed by atoms with Crippen LogP contribution in [-0.2, 0) is 0 Å². The van der Waals surface area contributed by atoms with E-state index in [4.69, 9.17) is 5.73 Å². The summed E-state index contributed by atoms with van der Waals surface area (Å²) in [6.45, 7) is 5.59. The molecule has 0 spiro atoms. The van der Waals surface area contributed by atoms with Crippen molar-refractivity contribution >= 4 is 11.5 Å². The molecule has 0 amide bonds. The predicted molar refractivity (Wildman–Crippen MR) is 76.9 cm³/mol. The lowest BCUT2D eigenvalue weighted by Crippen LogP contribution is -2.36. The van der Waals surface area contributed by atoms with E-state index in [2.05, 4.69) is 35.8 Å². The third-order valence-electron chi connectivity index (χ3n) is 3.80. The molecule has 2 N–H and O–H groups in total. The third-order valence-corrected chi connectivity index (χ3v) is 3.80. The van der Waals surface area contributed by atoms with Crippen LogP contribution in [0, 0.1) is 12.8 Å². The van der Waals surface area contributed by atoms with Gasteiger partial charge in [-0.2, -0.15) is 0 Å². The Morgan fingerprint density at radius 2 is 2.11 bits per heavy atom. The van der Waals surface area contributed by atoms with Crippen LogP contribution in [0.2, 0.25) is 0 Å². The molecule has 1 fully saturated rings. The Hall–Kier alpha value is -1.29. The van der Waals surface area contributed by atoms with Crippen LogP contribution >= 0.6 is 0 Å². The number of nitrogens with two attached hydrogens (primary N) is 1. The van der Waals surface area contributed by atoms with Crippen molar-refractivity contribution in [2.75, 3.05) is 44.4 Å². The maximum atomic E-state index is 5.74. The average Bonchev–Trinajstić information content (AvgIpc) is 2.32. The molecule has 100 valence electrons. The second kappa shape index (κ2) is 5.57. The number of likely N-dealkylation sites (tertiary alicyclic amines) is 1. The minimum absolute atomic E-state index is 0.740. The molecule has 1 saturated heterocycles. The van der Waals surface area contributed by atoms with Crippen molar-refractivity contribution < 1.29 is 0 Å². The van der Waals surface area contributed by atoms with Gasteiger partial charge in [-0.3, -0.25) is 0 Å². The van der Waals surface area contributed by atoms with Crippen LogP contribution in [0.4, 0.5) is 11.5 Å². The molecule has 1 aromatic rings. The fraction of sp³-hybridized carbons (Fsp3) is 0.643. The number of anilines is 2. The summed E-state index contributed by atoms with van der Waals surface area (Å²) < 4.78 is 0. The van der Waals surface area contributed by atoms with Crippen LogP contribution in [-0.4, -0.2) is 43.6 Å². The highest BCUT2D eigenvalue weighted by atomic mass is 15.2. The van der Waals surface area contributed by atoms with E-state index < -0.39 is 0 Å². The fourth-order valence-electron chi connectivity index (χ4n) is 2.71. The third kappa shape index (κ3) is 3.13. The Kier molecular flexibility index (Phi) is 4.07. The summed E-state index contributed by atoms with van der Waals surface area (Å²) in [5.41, 5.74) is 7.64. The topological polar surface area (TPSA) is 45.4 Å². The molecule has 0 unspecified atom stereocenters. The lowest BCUT2D eigenvalue weighted by atomic mass is 9.96. The number of nitrogen functional groups attached to an aromatic ring is 1. The van der Waals surface area contributed by atoms with Crippen molar-refractivity contribution in [2.45, 2.75) is 19.8 Å². The molecule has 4 nitrogen and oxygen atoms in total. The molecule has 0 aliphatic carbocycles. The number of aryl methyl sites for hydroxylation is 1. The van der Waals surface area contributed by atoms with Crippen molar-refractivity contribution in [1.29, 1.82) is 0 Å². The van der Waals surface area contributed by atoms with Gasteiger partial charge in [0.15, 0.2) is 0 Å². The zero-order valence-electron chi connectivity index (χ0n) is 11.7. The molecular weight excluding hydrogens is 224 g/mol. The molecule has 2 rings (SSSR count). The molecule has 0 atom stereocenters. The highest BCUT2D eigenvalue weighted by Gasteiger charge is 2.19. The highest BCUT2D eigenvalue weighted by Crippen LogP contribution is 2.22. The van der Waals surface area contributed by atoms with E-state index in [9.17, 15) is 0 Å². The monoisotopic (exact) mass is 248 g/mol. The number of hydrogen-bond donors (Lipinski definition) is 1. The first-order chi connectivity index (χ1) is 8.56. The summed E-state index contributed by atoms with van der Waals surface area (Å²) in [6.07, 6.45) is 4.32. The van der Waals surface area contributed by atoms with Gasteiger partial charge < -0.3 is 15.5 Å². The summed E-state index contributed by atoms with van der Waals surface area (Å²) in [7, 11) is 4.33. The van der Waals surface area contributed by atoms with E-state index >= 15 is 0 Å². The Bertz CT molecular complexity index is 397. The zero-order chi connectivity index (χ0) is 13.1. The van der Waals surface area contributed by atoms with Gasteiger partial charge in [0.1, 0.15) is 5.82 Å². The second-order valence-electron chi connectivity index (χ2n) is 5.54. The van der Waals surface area contributed by atoms with Crippen LogP contribution in [0.3, 0.4) is 0 Å². The fourth-order valence-corrected chi connectivity index (χ4v) is 2.71. The predicted octanol–water partition coefficient (Wildman–Crippen LogP) is 1.75. The van der Waals surface area contributed by atoms with Crippen molar-refractivity contribution in [3.63, 3.8) is 0 Å². The van der Waals surface area contributed by atoms with Crippen molar-refractivity contribution in [3.8, 4) is 0 Å². The van der Waals surface area contributed by atoms with Gasteiger partial charge in [0, 0.05) is 13.6 Å². The Morgan fingerprint density at radius 1 is 1.44 bits per heavy atom. The first-order valence-electron chi connectivity index (χ1n) is 6.68. The normalized spacial score (nSPS) is 17.9. The lowest BCUT2D eigenvalue weighted by Gasteiger charge is -2.32. The van der Waals surface area contributed by atoms with E-state index in [-0.39, 0.29) is 0 Å². The first-order valence-corrected chi connectivity index (χ1v) is 6.68.